The van der Waals surface area contributed by atoms with Gasteiger partial charge in [-0.1, -0.05) is 35.3 Å². The maximum atomic E-state index is 10.8. The minimum atomic E-state index is 0.482. The average molecular weight is 388 g/mol. The summed E-state index contributed by atoms with van der Waals surface area (Å²) in [5.74, 6) is 0. The summed E-state index contributed by atoms with van der Waals surface area (Å²) in [6.07, 6.45) is 7.10. The van der Waals surface area contributed by atoms with Crippen LogP contribution in [0.1, 0.15) is 17.7 Å². The molecule has 4 rings (SSSR count). The normalized spacial score (nSPS) is 14.5. The predicted molar refractivity (Wildman–Crippen MR) is 101 cm³/mol. The first-order valence-corrected chi connectivity index (χ1v) is 8.91. The smallest absolute Gasteiger partial charge is 0.209 e. The van der Waals surface area contributed by atoms with Gasteiger partial charge in [0.2, 0.25) is 6.41 Å². The van der Waals surface area contributed by atoms with Crippen LogP contribution in [0.3, 0.4) is 0 Å². The molecule has 0 fully saturated rings. The van der Waals surface area contributed by atoms with E-state index in [-0.39, 0.29) is 0 Å². The van der Waals surface area contributed by atoms with Gasteiger partial charge in [-0.25, -0.2) is 14.6 Å². The Labute approximate surface area is 160 Å². The molecule has 2 aromatic heterocycles. The number of benzene rings is 1. The van der Waals surface area contributed by atoms with E-state index in [1.54, 1.807) is 34.1 Å². The van der Waals surface area contributed by atoms with Crippen molar-refractivity contribution in [2.75, 3.05) is 13.1 Å². The number of hydrogen-bond donors (Lipinski definition) is 0. The van der Waals surface area contributed by atoms with E-state index in [1.165, 1.54) is 0 Å². The van der Waals surface area contributed by atoms with Crippen molar-refractivity contribution in [3.05, 3.63) is 58.0 Å². The highest BCUT2D eigenvalue weighted by atomic mass is 35.5. The molecular formula is C18H15Cl2N5O. The van der Waals surface area contributed by atoms with Crippen LogP contribution in [-0.4, -0.2) is 44.1 Å². The summed E-state index contributed by atoms with van der Waals surface area (Å²) in [4.78, 5) is 21.8. The van der Waals surface area contributed by atoms with E-state index in [4.69, 9.17) is 28.2 Å². The Hall–Kier alpha value is -2.44. The molecule has 0 saturated heterocycles. The minimum absolute atomic E-state index is 0.482. The molecule has 0 spiro atoms. The van der Waals surface area contributed by atoms with Crippen LogP contribution in [-0.2, 0) is 11.3 Å². The average Bonchev–Trinajstić information content (AvgIpc) is 3.06. The zero-order chi connectivity index (χ0) is 18.1. The largest absolute Gasteiger partial charge is 0.341 e. The van der Waals surface area contributed by atoms with Crippen LogP contribution in [0.25, 0.3) is 16.7 Å². The van der Waals surface area contributed by atoms with Crippen molar-refractivity contribution in [1.29, 1.82) is 0 Å². The van der Waals surface area contributed by atoms with Crippen LogP contribution >= 0.6 is 23.2 Å². The van der Waals surface area contributed by atoms with Crippen LogP contribution in [0.4, 0.5) is 0 Å². The lowest BCUT2D eigenvalue weighted by atomic mass is 10.1. The third kappa shape index (κ3) is 3.30. The molecule has 26 heavy (non-hydrogen) atoms. The van der Waals surface area contributed by atoms with Gasteiger partial charge in [-0.2, -0.15) is 5.10 Å². The first kappa shape index (κ1) is 17.0. The maximum Gasteiger partial charge on any atom is 0.209 e. The van der Waals surface area contributed by atoms with Gasteiger partial charge in [0.15, 0.2) is 5.65 Å². The first-order chi connectivity index (χ1) is 12.6. The summed E-state index contributed by atoms with van der Waals surface area (Å²) in [5.41, 5.74) is 4.24. The summed E-state index contributed by atoms with van der Waals surface area (Å²) in [6.45, 7) is 1.77. The van der Waals surface area contributed by atoms with Gasteiger partial charge in [0.1, 0.15) is 5.52 Å². The van der Waals surface area contributed by atoms with Crippen LogP contribution in [0.5, 0.6) is 0 Å². The number of carbonyl (C=O) groups excluding carboxylic acids is 1. The number of hydrogen-bond acceptors (Lipinski definition) is 4. The lowest BCUT2D eigenvalue weighted by molar-refractivity contribution is -0.117. The van der Waals surface area contributed by atoms with Gasteiger partial charge >= 0.3 is 0 Å². The van der Waals surface area contributed by atoms with E-state index in [0.29, 0.717) is 35.3 Å². The molecule has 8 heteroatoms. The second-order valence-electron chi connectivity index (χ2n) is 6.08. The Morgan fingerprint density at radius 1 is 1.23 bits per heavy atom. The van der Waals surface area contributed by atoms with E-state index in [2.05, 4.69) is 10.1 Å². The molecule has 3 heterocycles. The highest BCUT2D eigenvalue weighted by Gasteiger charge is 2.15. The minimum Gasteiger partial charge on any atom is -0.341 e. The number of amides is 1. The molecule has 0 aliphatic carbocycles. The van der Waals surface area contributed by atoms with Crippen molar-refractivity contribution >= 4 is 46.3 Å². The molecule has 1 amide bonds. The number of halogens is 2. The SMILES string of the molecule is O=CN1CC=C(c2cnc3cnn(Cc4ccc(Cl)cc4Cl)c3n2)CC1. The van der Waals surface area contributed by atoms with Crippen LogP contribution < -0.4 is 0 Å². The molecule has 0 atom stereocenters. The second-order valence-corrected chi connectivity index (χ2v) is 6.93. The van der Waals surface area contributed by atoms with Crippen molar-refractivity contribution in [3.63, 3.8) is 0 Å². The van der Waals surface area contributed by atoms with E-state index < -0.39 is 0 Å². The summed E-state index contributed by atoms with van der Waals surface area (Å²) in [7, 11) is 0. The van der Waals surface area contributed by atoms with E-state index in [0.717, 1.165) is 35.2 Å². The zero-order valence-corrected chi connectivity index (χ0v) is 15.3. The Balaban J connectivity index is 1.67. The molecule has 0 radical (unpaired) electrons. The van der Waals surface area contributed by atoms with Gasteiger partial charge in [-0.05, 0) is 29.7 Å². The molecule has 0 N–H and O–H groups in total. The summed E-state index contributed by atoms with van der Waals surface area (Å²) in [5, 5.41) is 5.58. The molecule has 132 valence electrons. The second kappa shape index (κ2) is 7.05. The highest BCUT2D eigenvalue weighted by Crippen LogP contribution is 2.24. The van der Waals surface area contributed by atoms with Gasteiger partial charge < -0.3 is 4.90 Å². The standard InChI is InChI=1S/C18H15Cl2N5O/c19-14-2-1-13(15(20)7-14)10-25-18-17(9-22-25)21-8-16(23-18)12-3-5-24(11-26)6-4-12/h1-3,7-9,11H,4-6,10H2. The fourth-order valence-corrected chi connectivity index (χ4v) is 3.41. The third-order valence-corrected chi connectivity index (χ3v) is 4.99. The summed E-state index contributed by atoms with van der Waals surface area (Å²) >= 11 is 12.2. The summed E-state index contributed by atoms with van der Waals surface area (Å²) < 4.78 is 1.78. The molecule has 6 nitrogen and oxygen atoms in total. The quantitative estimate of drug-likeness (QED) is 0.643. The van der Waals surface area contributed by atoms with Crippen molar-refractivity contribution in [2.24, 2.45) is 0 Å². The maximum absolute atomic E-state index is 10.8. The molecule has 1 aromatic carbocycles. The van der Waals surface area contributed by atoms with Gasteiger partial charge in [0.25, 0.3) is 0 Å². The molecular weight excluding hydrogens is 373 g/mol. The van der Waals surface area contributed by atoms with Crippen molar-refractivity contribution in [2.45, 2.75) is 13.0 Å². The lowest BCUT2D eigenvalue weighted by Crippen LogP contribution is -2.26. The molecule has 1 aliphatic heterocycles. The molecule has 1 aliphatic rings. The number of aromatic nitrogens is 4. The number of carbonyl (C=O) groups is 1. The van der Waals surface area contributed by atoms with E-state index in [1.807, 2.05) is 12.1 Å². The van der Waals surface area contributed by atoms with Crippen LogP contribution in [0.2, 0.25) is 10.0 Å². The number of nitrogens with zero attached hydrogens (tertiary/aromatic N) is 5. The topological polar surface area (TPSA) is 63.9 Å². The Morgan fingerprint density at radius 2 is 2.12 bits per heavy atom. The lowest BCUT2D eigenvalue weighted by Gasteiger charge is -2.21. The highest BCUT2D eigenvalue weighted by molar-refractivity contribution is 6.35. The fourth-order valence-electron chi connectivity index (χ4n) is 2.94. The predicted octanol–water partition coefficient (Wildman–Crippen LogP) is 3.43. The van der Waals surface area contributed by atoms with Gasteiger partial charge in [-0.3, -0.25) is 4.79 Å². The van der Waals surface area contributed by atoms with Crippen molar-refractivity contribution in [3.8, 4) is 0 Å². The Kier molecular flexibility index (Phi) is 4.61. The van der Waals surface area contributed by atoms with Gasteiger partial charge in [0, 0.05) is 23.1 Å². The Morgan fingerprint density at radius 3 is 2.85 bits per heavy atom. The van der Waals surface area contributed by atoms with Crippen molar-refractivity contribution in [1.82, 2.24) is 24.6 Å². The molecule has 0 saturated carbocycles. The Bertz CT molecular complexity index is 1010. The molecule has 0 unspecified atom stereocenters. The molecule has 0 bridgehead atoms. The number of fused-ring (bicyclic) bond motifs is 1. The number of rotatable bonds is 4. The third-order valence-electron chi connectivity index (χ3n) is 4.40. The fraction of sp³-hybridized carbons (Fsp3) is 0.222. The van der Waals surface area contributed by atoms with E-state index in [9.17, 15) is 4.79 Å². The molecule has 3 aromatic rings. The van der Waals surface area contributed by atoms with E-state index >= 15 is 0 Å². The van der Waals surface area contributed by atoms with Crippen molar-refractivity contribution < 1.29 is 4.79 Å². The monoisotopic (exact) mass is 387 g/mol. The first-order valence-electron chi connectivity index (χ1n) is 8.15. The van der Waals surface area contributed by atoms with Gasteiger partial charge in [-0.15, -0.1) is 0 Å². The van der Waals surface area contributed by atoms with Gasteiger partial charge in [0.05, 0.1) is 24.6 Å². The van der Waals surface area contributed by atoms with Crippen LogP contribution in [0, 0.1) is 0 Å². The van der Waals surface area contributed by atoms with Crippen LogP contribution in [0.15, 0.2) is 36.7 Å². The zero-order valence-electron chi connectivity index (χ0n) is 13.8. The summed E-state index contributed by atoms with van der Waals surface area (Å²) in [6, 6.07) is 5.40.